The lowest BCUT2D eigenvalue weighted by atomic mass is 9.86. The molecule has 1 aromatic rings. The molecular formula is C16H24F2N2O2. The van der Waals surface area contributed by atoms with E-state index >= 15 is 0 Å². The van der Waals surface area contributed by atoms with Gasteiger partial charge in [-0.15, -0.1) is 0 Å². The third kappa shape index (κ3) is 6.49. The van der Waals surface area contributed by atoms with Crippen LogP contribution in [0.25, 0.3) is 0 Å². The van der Waals surface area contributed by atoms with Crippen molar-refractivity contribution in [1.82, 2.24) is 5.32 Å². The number of rotatable bonds is 2. The minimum absolute atomic E-state index is 0.0523. The second-order valence-electron chi connectivity index (χ2n) is 6.29. The summed E-state index contributed by atoms with van der Waals surface area (Å²) in [4.78, 5) is 9.60. The fourth-order valence-electron chi connectivity index (χ4n) is 2.23. The fourth-order valence-corrected chi connectivity index (χ4v) is 2.23. The fraction of sp³-hybridized carbons (Fsp3) is 0.562. The smallest absolute Gasteiger partial charge is 0.293 e. The van der Waals surface area contributed by atoms with Gasteiger partial charge in [0.1, 0.15) is 17.2 Å². The Kier molecular flexibility index (Phi) is 6.90. The van der Waals surface area contributed by atoms with Crippen molar-refractivity contribution in [2.75, 3.05) is 13.1 Å². The molecule has 1 fully saturated rings. The van der Waals surface area contributed by atoms with E-state index in [1.165, 1.54) is 12.1 Å². The number of hydrogen-bond donors (Lipinski definition) is 2. The zero-order chi connectivity index (χ0) is 16.8. The van der Waals surface area contributed by atoms with Gasteiger partial charge in [-0.05, 0) is 51.4 Å². The summed E-state index contributed by atoms with van der Waals surface area (Å²) in [7, 11) is 0. The predicted molar refractivity (Wildman–Crippen MR) is 81.5 cm³/mol. The Balaban J connectivity index is 0.000000295. The normalized spacial score (nSPS) is 21.5. The summed E-state index contributed by atoms with van der Waals surface area (Å²) in [5.74, 6) is -1.01. The van der Waals surface area contributed by atoms with E-state index < -0.39 is 11.6 Å². The third-order valence-corrected chi connectivity index (χ3v) is 3.24. The molecule has 0 spiro atoms. The van der Waals surface area contributed by atoms with E-state index in [9.17, 15) is 13.6 Å². The molecule has 1 heterocycles. The van der Waals surface area contributed by atoms with Crippen LogP contribution in [0.5, 0.6) is 0 Å². The highest BCUT2D eigenvalue weighted by Gasteiger charge is 2.23. The number of hydrogen-bond acceptors (Lipinski definition) is 4. The maximum Gasteiger partial charge on any atom is 0.293 e. The van der Waals surface area contributed by atoms with Crippen LogP contribution in [-0.4, -0.2) is 31.2 Å². The molecule has 1 aliphatic heterocycles. The molecule has 6 heteroatoms. The number of carbonyl (C=O) groups excluding carboxylic acids is 1. The van der Waals surface area contributed by atoms with Crippen LogP contribution < -0.4 is 11.1 Å². The van der Waals surface area contributed by atoms with E-state index in [0.717, 1.165) is 19.0 Å². The minimum atomic E-state index is -0.532. The minimum Gasteiger partial charge on any atom is -0.462 e. The summed E-state index contributed by atoms with van der Waals surface area (Å²) in [5.41, 5.74) is 6.25. The zero-order valence-corrected chi connectivity index (χ0v) is 13.2. The van der Waals surface area contributed by atoms with Crippen molar-refractivity contribution in [3.63, 3.8) is 0 Å². The van der Waals surface area contributed by atoms with Crippen molar-refractivity contribution in [1.29, 1.82) is 0 Å². The van der Waals surface area contributed by atoms with Gasteiger partial charge in [-0.1, -0.05) is 0 Å². The number of piperidine rings is 1. The molecule has 0 bridgehead atoms. The van der Waals surface area contributed by atoms with Crippen molar-refractivity contribution in [2.45, 2.75) is 44.8 Å². The summed E-state index contributed by atoms with van der Waals surface area (Å²) in [6.07, 6.45) is 0.823. The Morgan fingerprint density at radius 3 is 2.27 bits per heavy atom. The Morgan fingerprint density at radius 1 is 1.27 bits per heavy atom. The number of halogens is 2. The standard InChI is InChI=1S/C11H14F2N2.C5H10O2/c12-8-3-7(4-9(13)5-8)10-1-2-15-6-11(10)14;1-5(2,3)7-4-6/h3-5,10-11,15H,1-2,6,14H2;4H,1-3H3. The van der Waals surface area contributed by atoms with Crippen LogP contribution in [0, 0.1) is 11.6 Å². The lowest BCUT2D eigenvalue weighted by Gasteiger charge is -2.29. The van der Waals surface area contributed by atoms with Crippen molar-refractivity contribution in [2.24, 2.45) is 5.73 Å². The molecule has 124 valence electrons. The lowest BCUT2D eigenvalue weighted by molar-refractivity contribution is -0.138. The first-order valence-corrected chi connectivity index (χ1v) is 7.26. The van der Waals surface area contributed by atoms with Gasteiger partial charge in [0.05, 0.1) is 0 Å². The monoisotopic (exact) mass is 314 g/mol. The Hall–Kier alpha value is -1.53. The second-order valence-corrected chi connectivity index (χ2v) is 6.29. The Morgan fingerprint density at radius 2 is 1.86 bits per heavy atom. The van der Waals surface area contributed by atoms with Gasteiger partial charge in [0.2, 0.25) is 0 Å². The van der Waals surface area contributed by atoms with Crippen molar-refractivity contribution in [3.8, 4) is 0 Å². The summed E-state index contributed by atoms with van der Waals surface area (Å²) in [5, 5.41) is 3.15. The van der Waals surface area contributed by atoms with Gasteiger partial charge >= 0.3 is 0 Å². The molecule has 0 aromatic heterocycles. The number of carbonyl (C=O) groups is 1. The van der Waals surface area contributed by atoms with Crippen LogP contribution in [0.3, 0.4) is 0 Å². The first-order chi connectivity index (χ1) is 10.2. The van der Waals surface area contributed by atoms with Gasteiger partial charge in [0.15, 0.2) is 0 Å². The molecule has 0 radical (unpaired) electrons. The van der Waals surface area contributed by atoms with Crippen LogP contribution in [0.15, 0.2) is 18.2 Å². The SMILES string of the molecule is CC(C)(C)OC=O.NC1CNCCC1c1cc(F)cc(F)c1. The van der Waals surface area contributed by atoms with Crippen LogP contribution in [-0.2, 0) is 9.53 Å². The highest BCUT2D eigenvalue weighted by Crippen LogP contribution is 2.25. The Bertz CT molecular complexity index is 469. The average Bonchev–Trinajstić information content (AvgIpc) is 2.37. The molecule has 0 saturated carbocycles. The van der Waals surface area contributed by atoms with E-state index in [4.69, 9.17) is 5.73 Å². The topological polar surface area (TPSA) is 64.3 Å². The van der Waals surface area contributed by atoms with E-state index in [1.807, 2.05) is 20.8 Å². The third-order valence-electron chi connectivity index (χ3n) is 3.24. The van der Waals surface area contributed by atoms with Crippen molar-refractivity contribution in [3.05, 3.63) is 35.4 Å². The van der Waals surface area contributed by atoms with Crippen LogP contribution >= 0.6 is 0 Å². The Labute approximate surface area is 130 Å². The summed E-state index contributed by atoms with van der Waals surface area (Å²) in [6, 6.07) is 3.56. The second kappa shape index (κ2) is 8.19. The predicted octanol–water partition coefficient (Wildman–Crippen LogP) is 2.33. The summed E-state index contributed by atoms with van der Waals surface area (Å²) in [6.45, 7) is 7.46. The number of benzene rings is 1. The first-order valence-electron chi connectivity index (χ1n) is 7.26. The average molecular weight is 314 g/mol. The number of nitrogens with two attached hydrogens (primary N) is 1. The molecule has 22 heavy (non-hydrogen) atoms. The largest absolute Gasteiger partial charge is 0.462 e. The highest BCUT2D eigenvalue weighted by molar-refractivity contribution is 5.37. The van der Waals surface area contributed by atoms with E-state index in [1.54, 1.807) is 0 Å². The van der Waals surface area contributed by atoms with Gasteiger partial charge in [-0.25, -0.2) is 8.78 Å². The summed E-state index contributed by atoms with van der Waals surface area (Å²) >= 11 is 0. The molecule has 2 atom stereocenters. The molecule has 2 rings (SSSR count). The zero-order valence-electron chi connectivity index (χ0n) is 13.2. The maximum atomic E-state index is 13.0. The van der Waals surface area contributed by atoms with E-state index in [0.29, 0.717) is 18.6 Å². The van der Waals surface area contributed by atoms with Crippen molar-refractivity contribution >= 4 is 6.47 Å². The molecule has 1 aromatic carbocycles. The van der Waals surface area contributed by atoms with Crippen LogP contribution in [0.2, 0.25) is 0 Å². The van der Waals surface area contributed by atoms with Gasteiger partial charge < -0.3 is 15.8 Å². The molecule has 1 aliphatic rings. The van der Waals surface area contributed by atoms with Gasteiger partial charge in [0, 0.05) is 24.6 Å². The number of nitrogens with one attached hydrogen (secondary N) is 1. The molecule has 1 saturated heterocycles. The van der Waals surface area contributed by atoms with Gasteiger partial charge in [0.25, 0.3) is 6.47 Å². The molecule has 0 aliphatic carbocycles. The molecule has 3 N–H and O–H groups in total. The molecule has 4 nitrogen and oxygen atoms in total. The van der Waals surface area contributed by atoms with E-state index in [-0.39, 0.29) is 17.6 Å². The number of ether oxygens (including phenoxy) is 1. The van der Waals surface area contributed by atoms with Gasteiger partial charge in [-0.3, -0.25) is 4.79 Å². The molecule has 0 amide bonds. The van der Waals surface area contributed by atoms with E-state index in [2.05, 4.69) is 10.1 Å². The van der Waals surface area contributed by atoms with Gasteiger partial charge in [-0.2, -0.15) is 0 Å². The first kappa shape index (κ1) is 18.5. The van der Waals surface area contributed by atoms with Crippen LogP contribution in [0.4, 0.5) is 8.78 Å². The quantitative estimate of drug-likeness (QED) is 0.822. The molecule has 2 unspecified atom stereocenters. The lowest BCUT2D eigenvalue weighted by Crippen LogP contribution is -2.44. The van der Waals surface area contributed by atoms with Crippen molar-refractivity contribution < 1.29 is 18.3 Å². The summed E-state index contributed by atoms with van der Waals surface area (Å²) < 4.78 is 30.6. The maximum absolute atomic E-state index is 13.0. The molecular weight excluding hydrogens is 290 g/mol. The van der Waals surface area contributed by atoms with Crippen LogP contribution in [0.1, 0.15) is 38.7 Å². The highest BCUT2D eigenvalue weighted by atomic mass is 19.1.